The number of hydrogen-bond donors (Lipinski definition) is 0. The van der Waals surface area contributed by atoms with Crippen LogP contribution in [0, 0.1) is 45.3 Å². The Balaban J connectivity index is 1.43. The van der Waals surface area contributed by atoms with Crippen LogP contribution in [0.4, 0.5) is 0 Å². The third kappa shape index (κ3) is 4.16. The summed E-state index contributed by atoms with van der Waals surface area (Å²) in [4.78, 5) is 7.47. The molecule has 2 heterocycles. The Bertz CT molecular complexity index is 1420. The van der Waals surface area contributed by atoms with Crippen molar-refractivity contribution in [3.8, 4) is 23.7 Å². The summed E-state index contributed by atoms with van der Waals surface area (Å²) < 4.78 is 13.0. The third-order valence-electron chi connectivity index (χ3n) is 10.1. The van der Waals surface area contributed by atoms with E-state index in [1.54, 1.807) is 12.1 Å². The number of benzene rings is 1. The molecule has 1 aliphatic heterocycles. The first-order chi connectivity index (χ1) is 18.7. The molecular formula is C34H42ClN3O2. The minimum atomic E-state index is -0.316. The van der Waals surface area contributed by atoms with E-state index in [1.807, 2.05) is 6.07 Å². The second-order valence-electron chi connectivity index (χ2n) is 13.7. The van der Waals surface area contributed by atoms with E-state index in [2.05, 4.69) is 97.3 Å². The zero-order valence-corrected chi connectivity index (χ0v) is 26.2. The number of rotatable bonds is 6. The molecule has 0 bridgehead atoms. The van der Waals surface area contributed by atoms with E-state index in [4.69, 9.17) is 26.1 Å². The van der Waals surface area contributed by atoms with E-state index in [9.17, 15) is 5.26 Å². The zero-order valence-electron chi connectivity index (χ0n) is 25.4. The Morgan fingerprint density at radius 3 is 2.30 bits per heavy atom. The molecular weight excluding hydrogens is 518 g/mol. The van der Waals surface area contributed by atoms with Crippen molar-refractivity contribution >= 4 is 11.6 Å². The highest BCUT2D eigenvalue weighted by atomic mass is 35.5. The van der Waals surface area contributed by atoms with Crippen LogP contribution in [0.3, 0.4) is 0 Å². The van der Waals surface area contributed by atoms with E-state index < -0.39 is 0 Å². The Morgan fingerprint density at radius 1 is 1.10 bits per heavy atom. The van der Waals surface area contributed by atoms with Gasteiger partial charge >= 0.3 is 0 Å². The lowest BCUT2D eigenvalue weighted by molar-refractivity contribution is -0.252. The Kier molecular flexibility index (Phi) is 6.86. The number of nitriles is 1. The first-order valence-electron chi connectivity index (χ1n) is 14.5. The van der Waals surface area contributed by atoms with E-state index in [1.165, 1.54) is 5.56 Å². The maximum Gasteiger partial charge on any atom is 0.124 e. The molecule has 6 heteroatoms. The van der Waals surface area contributed by atoms with Gasteiger partial charge in [0.1, 0.15) is 29.2 Å². The van der Waals surface area contributed by atoms with Gasteiger partial charge in [0.25, 0.3) is 0 Å². The summed E-state index contributed by atoms with van der Waals surface area (Å²) in [6.45, 7) is 23.0. The molecule has 5 nitrogen and oxygen atoms in total. The normalized spacial score (nSPS) is 29.2. The van der Waals surface area contributed by atoms with E-state index in [0.717, 1.165) is 37.5 Å². The first-order valence-corrected chi connectivity index (χ1v) is 14.8. The first kappa shape index (κ1) is 28.9. The van der Waals surface area contributed by atoms with Gasteiger partial charge in [0.05, 0.1) is 22.7 Å². The number of hydrogen-bond acceptors (Lipinski definition) is 5. The highest BCUT2D eigenvalue weighted by Gasteiger charge is 2.77. The number of nitrogens with zero attached hydrogens (tertiary/aromatic N) is 3. The molecule has 40 heavy (non-hydrogen) atoms. The SMILES string of the molecule is CCN(CC)C(C)(C)C#Cc1ccc2c(n1)CC(C)([C@H]1C(C)(C)[C@H](Oc3ccc(C#N)c(Cl)c3)C1(C)C)C21CO1. The Labute approximate surface area is 245 Å². The molecule has 1 aromatic carbocycles. The summed E-state index contributed by atoms with van der Waals surface area (Å²) >= 11 is 6.32. The quantitative estimate of drug-likeness (QED) is 0.282. The smallest absolute Gasteiger partial charge is 0.124 e. The highest BCUT2D eigenvalue weighted by molar-refractivity contribution is 6.31. The van der Waals surface area contributed by atoms with Crippen LogP contribution in [0.2, 0.25) is 5.02 Å². The van der Waals surface area contributed by atoms with Crippen LogP contribution in [0.5, 0.6) is 5.75 Å². The summed E-state index contributed by atoms with van der Waals surface area (Å²) in [7, 11) is 0. The van der Waals surface area contributed by atoms with E-state index in [0.29, 0.717) is 22.3 Å². The summed E-state index contributed by atoms with van der Waals surface area (Å²) in [5.74, 6) is 7.87. The molecule has 1 saturated carbocycles. The molecule has 0 N–H and O–H groups in total. The van der Waals surface area contributed by atoms with Crippen molar-refractivity contribution in [1.29, 1.82) is 5.26 Å². The van der Waals surface area contributed by atoms with Crippen LogP contribution in [0.25, 0.3) is 0 Å². The van der Waals surface area contributed by atoms with Crippen molar-refractivity contribution in [2.45, 2.75) is 86.0 Å². The van der Waals surface area contributed by atoms with Crippen molar-refractivity contribution in [2.75, 3.05) is 19.7 Å². The number of ether oxygens (including phenoxy) is 2. The van der Waals surface area contributed by atoms with Gasteiger partial charge in [-0.2, -0.15) is 5.26 Å². The van der Waals surface area contributed by atoms with Crippen LogP contribution < -0.4 is 4.74 Å². The molecule has 0 radical (unpaired) electrons. The molecule has 2 atom stereocenters. The second kappa shape index (κ2) is 9.49. The summed E-state index contributed by atoms with van der Waals surface area (Å²) in [6.07, 6.45) is 0.826. The van der Waals surface area contributed by atoms with Crippen molar-refractivity contribution in [3.63, 3.8) is 0 Å². The van der Waals surface area contributed by atoms with E-state index >= 15 is 0 Å². The lowest BCUT2D eigenvalue weighted by atomic mass is 9.38. The molecule has 3 aliphatic rings. The molecule has 2 fully saturated rings. The standard InChI is InChI=1S/C34H42ClN3O2/c1-10-38(11-2)30(3,4)17-16-23-13-15-25-27(37-23)19-33(9,34(25)21-39-34)28-31(5,6)29(32(28,7)8)40-24-14-12-22(20-36)26(35)18-24/h12-15,18,28-29H,10-11,19,21H2,1-9H3/t28-,29-,33?,34?. The van der Waals surface area contributed by atoms with Gasteiger partial charge in [0.15, 0.2) is 0 Å². The van der Waals surface area contributed by atoms with Gasteiger partial charge < -0.3 is 9.47 Å². The topological polar surface area (TPSA) is 61.7 Å². The van der Waals surface area contributed by atoms with Gasteiger partial charge in [-0.3, -0.25) is 4.90 Å². The minimum absolute atomic E-state index is 0.0259. The van der Waals surface area contributed by atoms with Gasteiger partial charge in [-0.05, 0) is 63.4 Å². The fraction of sp³-hybridized carbons (Fsp3) is 0.588. The van der Waals surface area contributed by atoms with Crippen molar-refractivity contribution in [1.82, 2.24) is 9.88 Å². The number of halogens is 1. The Morgan fingerprint density at radius 2 is 1.75 bits per heavy atom. The maximum atomic E-state index is 9.25. The molecule has 1 aromatic heterocycles. The lowest BCUT2D eigenvalue weighted by Crippen LogP contribution is -2.71. The van der Waals surface area contributed by atoms with Crippen LogP contribution >= 0.6 is 11.6 Å². The van der Waals surface area contributed by atoms with Crippen LogP contribution in [-0.4, -0.2) is 41.2 Å². The molecule has 212 valence electrons. The number of pyridine rings is 1. The number of epoxide rings is 1. The van der Waals surface area contributed by atoms with Crippen LogP contribution in [0.1, 0.15) is 84.8 Å². The number of aromatic nitrogens is 1. The second-order valence-corrected chi connectivity index (χ2v) is 14.1. The summed E-state index contributed by atoms with van der Waals surface area (Å²) in [6, 6.07) is 11.7. The van der Waals surface area contributed by atoms with Crippen LogP contribution in [-0.2, 0) is 16.8 Å². The zero-order chi connectivity index (χ0) is 29.3. The molecule has 2 unspecified atom stereocenters. The molecule has 1 spiro atoms. The fourth-order valence-electron chi connectivity index (χ4n) is 8.94. The lowest BCUT2D eigenvalue weighted by Gasteiger charge is -2.68. The molecule has 2 aromatic rings. The highest BCUT2D eigenvalue weighted by Crippen LogP contribution is 2.74. The number of fused-ring (bicyclic) bond motifs is 2. The Hall–Kier alpha value is -2.57. The van der Waals surface area contributed by atoms with Crippen LogP contribution in [0.15, 0.2) is 30.3 Å². The fourth-order valence-corrected chi connectivity index (χ4v) is 9.15. The predicted octanol–water partition coefficient (Wildman–Crippen LogP) is 7.00. The monoisotopic (exact) mass is 559 g/mol. The van der Waals surface area contributed by atoms with Crippen molar-refractivity contribution < 1.29 is 9.47 Å². The maximum absolute atomic E-state index is 9.25. The minimum Gasteiger partial charge on any atom is -0.489 e. The van der Waals surface area contributed by atoms with Gasteiger partial charge in [0, 0.05) is 33.6 Å². The van der Waals surface area contributed by atoms with Crippen molar-refractivity contribution in [3.05, 3.63) is 57.9 Å². The molecule has 5 rings (SSSR count). The molecule has 2 aliphatic carbocycles. The van der Waals surface area contributed by atoms with Gasteiger partial charge in [-0.1, -0.05) is 72.1 Å². The van der Waals surface area contributed by atoms with Gasteiger partial charge in [0.2, 0.25) is 0 Å². The summed E-state index contributed by atoms with van der Waals surface area (Å²) in [5.41, 5.74) is 2.69. The van der Waals surface area contributed by atoms with Crippen molar-refractivity contribution in [2.24, 2.45) is 22.2 Å². The average molecular weight is 560 g/mol. The van der Waals surface area contributed by atoms with Gasteiger partial charge in [-0.25, -0.2) is 4.98 Å². The predicted molar refractivity (Wildman–Crippen MR) is 159 cm³/mol. The van der Waals surface area contributed by atoms with E-state index in [-0.39, 0.29) is 33.5 Å². The average Bonchev–Trinajstić information content (AvgIpc) is 3.65. The largest absolute Gasteiger partial charge is 0.489 e. The third-order valence-corrected chi connectivity index (χ3v) is 10.5. The summed E-state index contributed by atoms with van der Waals surface area (Å²) in [5, 5.41) is 9.67. The molecule has 1 saturated heterocycles. The molecule has 0 amide bonds. The van der Waals surface area contributed by atoms with Gasteiger partial charge in [-0.15, -0.1) is 0 Å².